The molecule has 0 unspecified atom stereocenters. The Hall–Kier alpha value is -1.38. The molecule has 0 saturated heterocycles. The van der Waals surface area contributed by atoms with Crippen LogP contribution in [0.15, 0.2) is 12.1 Å². The first-order valence-electron chi connectivity index (χ1n) is 6.76. The molecule has 21 heavy (non-hydrogen) atoms. The van der Waals surface area contributed by atoms with E-state index in [1.807, 2.05) is 36.4 Å². The van der Waals surface area contributed by atoms with Crippen LogP contribution in [0.25, 0.3) is 11.0 Å². The van der Waals surface area contributed by atoms with Gasteiger partial charge in [0.2, 0.25) is 11.9 Å². The van der Waals surface area contributed by atoms with Crippen molar-refractivity contribution in [3.05, 3.63) is 21.5 Å². The smallest absolute Gasteiger partial charge is 0.221 e. The van der Waals surface area contributed by atoms with Crippen molar-refractivity contribution >= 4 is 45.5 Å². The van der Waals surface area contributed by atoms with Crippen molar-refractivity contribution in [1.29, 1.82) is 0 Å². The van der Waals surface area contributed by atoms with Crippen LogP contribution in [0.4, 0.5) is 10.3 Å². The van der Waals surface area contributed by atoms with Crippen LogP contribution in [0.2, 0.25) is 0 Å². The zero-order valence-corrected chi connectivity index (χ0v) is 14.1. The standard InChI is InChI=1S/C14H18FIN4O/c1-8(2)7-18-13(21)3-4-20-12-5-9(15)10(16)6-11(12)19-14(20)17/h5-6,8H,3-4,7H2,1-2H3,(H2,17,19)(H,18,21). The number of nitrogens with one attached hydrogen (secondary N) is 1. The SMILES string of the molecule is CC(C)CNC(=O)CCn1c(N)nc2cc(I)c(F)cc21. The number of carbonyl (C=O) groups excluding carboxylic acids is 1. The van der Waals surface area contributed by atoms with Crippen LogP contribution in [0, 0.1) is 15.3 Å². The first kappa shape index (κ1) is 16.0. The minimum absolute atomic E-state index is 0.0454. The van der Waals surface area contributed by atoms with Crippen molar-refractivity contribution in [3.8, 4) is 0 Å². The Bertz CT molecular complexity index is 669. The van der Waals surface area contributed by atoms with Gasteiger partial charge in [0.15, 0.2) is 0 Å². The summed E-state index contributed by atoms with van der Waals surface area (Å²) in [5.74, 6) is 0.344. The summed E-state index contributed by atoms with van der Waals surface area (Å²) in [7, 11) is 0. The van der Waals surface area contributed by atoms with Gasteiger partial charge in [0.05, 0.1) is 14.6 Å². The fraction of sp³-hybridized carbons (Fsp3) is 0.429. The summed E-state index contributed by atoms with van der Waals surface area (Å²) in [5, 5.41) is 2.84. The highest BCUT2D eigenvalue weighted by Crippen LogP contribution is 2.23. The number of nitrogen functional groups attached to an aromatic ring is 1. The number of benzene rings is 1. The van der Waals surface area contributed by atoms with Gasteiger partial charge in [-0.2, -0.15) is 0 Å². The molecule has 0 spiro atoms. The number of carbonyl (C=O) groups is 1. The lowest BCUT2D eigenvalue weighted by molar-refractivity contribution is -0.121. The van der Waals surface area contributed by atoms with E-state index in [-0.39, 0.29) is 18.1 Å². The highest BCUT2D eigenvalue weighted by Gasteiger charge is 2.12. The van der Waals surface area contributed by atoms with E-state index in [0.29, 0.717) is 39.6 Å². The fourth-order valence-electron chi connectivity index (χ4n) is 1.99. The van der Waals surface area contributed by atoms with Gasteiger partial charge >= 0.3 is 0 Å². The Labute approximate surface area is 136 Å². The molecule has 0 aliphatic carbocycles. The molecule has 1 amide bonds. The van der Waals surface area contributed by atoms with E-state index in [2.05, 4.69) is 10.3 Å². The number of aromatic nitrogens is 2. The second-order valence-electron chi connectivity index (χ2n) is 5.32. The molecule has 114 valence electrons. The number of amides is 1. The van der Waals surface area contributed by atoms with Gasteiger partial charge in [-0.3, -0.25) is 4.79 Å². The van der Waals surface area contributed by atoms with Crippen molar-refractivity contribution < 1.29 is 9.18 Å². The lowest BCUT2D eigenvalue weighted by Crippen LogP contribution is -2.28. The molecule has 0 fully saturated rings. The average Bonchev–Trinajstić information content (AvgIpc) is 2.70. The molecular weight excluding hydrogens is 386 g/mol. The molecule has 0 saturated carbocycles. The topological polar surface area (TPSA) is 72.9 Å². The number of hydrogen-bond donors (Lipinski definition) is 2. The zero-order chi connectivity index (χ0) is 15.6. The summed E-state index contributed by atoms with van der Waals surface area (Å²) in [6, 6.07) is 3.06. The first-order valence-corrected chi connectivity index (χ1v) is 7.83. The highest BCUT2D eigenvalue weighted by atomic mass is 127. The number of imidazole rings is 1. The summed E-state index contributed by atoms with van der Waals surface area (Å²) in [4.78, 5) is 16.0. The zero-order valence-electron chi connectivity index (χ0n) is 12.0. The van der Waals surface area contributed by atoms with Gasteiger partial charge < -0.3 is 15.6 Å². The van der Waals surface area contributed by atoms with Crippen molar-refractivity contribution in [2.75, 3.05) is 12.3 Å². The molecule has 0 aliphatic heterocycles. The van der Waals surface area contributed by atoms with Gasteiger partial charge in [0, 0.05) is 25.6 Å². The van der Waals surface area contributed by atoms with Gasteiger partial charge in [-0.1, -0.05) is 13.8 Å². The second kappa shape index (κ2) is 6.59. The maximum atomic E-state index is 13.7. The van der Waals surface area contributed by atoms with Gasteiger partial charge in [-0.15, -0.1) is 0 Å². The van der Waals surface area contributed by atoms with Gasteiger partial charge in [-0.25, -0.2) is 9.37 Å². The normalized spacial score (nSPS) is 11.3. The van der Waals surface area contributed by atoms with Crippen LogP contribution in [-0.2, 0) is 11.3 Å². The Morgan fingerprint density at radius 2 is 2.24 bits per heavy atom. The molecule has 5 nitrogen and oxygen atoms in total. The van der Waals surface area contributed by atoms with E-state index in [4.69, 9.17) is 5.73 Å². The number of anilines is 1. The maximum Gasteiger partial charge on any atom is 0.221 e. The number of hydrogen-bond acceptors (Lipinski definition) is 3. The molecule has 2 rings (SSSR count). The fourth-order valence-corrected chi connectivity index (χ4v) is 2.44. The minimum atomic E-state index is -0.312. The van der Waals surface area contributed by atoms with Crippen LogP contribution >= 0.6 is 22.6 Å². The average molecular weight is 404 g/mol. The molecule has 7 heteroatoms. The molecule has 0 aliphatic rings. The molecule has 0 bridgehead atoms. The van der Waals surface area contributed by atoms with Crippen LogP contribution in [0.5, 0.6) is 0 Å². The Morgan fingerprint density at radius 1 is 1.52 bits per heavy atom. The predicted molar refractivity (Wildman–Crippen MR) is 89.3 cm³/mol. The first-order chi connectivity index (χ1) is 9.88. The van der Waals surface area contributed by atoms with E-state index >= 15 is 0 Å². The third-order valence-corrected chi connectivity index (χ3v) is 3.92. The molecule has 1 aromatic heterocycles. The molecule has 1 heterocycles. The van der Waals surface area contributed by atoms with Crippen LogP contribution < -0.4 is 11.1 Å². The van der Waals surface area contributed by atoms with E-state index in [1.54, 1.807) is 10.6 Å². The van der Waals surface area contributed by atoms with Crippen molar-refractivity contribution in [1.82, 2.24) is 14.9 Å². The van der Waals surface area contributed by atoms with Crippen LogP contribution in [-0.4, -0.2) is 22.0 Å². The quantitative estimate of drug-likeness (QED) is 0.753. The monoisotopic (exact) mass is 404 g/mol. The molecule has 3 N–H and O–H groups in total. The number of nitrogens with two attached hydrogens (primary N) is 1. The molecule has 0 radical (unpaired) electrons. The summed E-state index contributed by atoms with van der Waals surface area (Å²) < 4.78 is 15.8. The Morgan fingerprint density at radius 3 is 2.90 bits per heavy atom. The van der Waals surface area contributed by atoms with E-state index in [0.717, 1.165) is 0 Å². The van der Waals surface area contributed by atoms with Crippen LogP contribution in [0.1, 0.15) is 20.3 Å². The lowest BCUT2D eigenvalue weighted by Gasteiger charge is -2.09. The molecule has 2 aromatic rings. The van der Waals surface area contributed by atoms with Crippen LogP contribution in [0.3, 0.4) is 0 Å². The summed E-state index contributed by atoms with van der Waals surface area (Å²) in [6.07, 6.45) is 0.288. The minimum Gasteiger partial charge on any atom is -0.369 e. The Kier molecular flexibility index (Phi) is 5.02. The third kappa shape index (κ3) is 3.84. The van der Waals surface area contributed by atoms with Crippen molar-refractivity contribution in [2.24, 2.45) is 5.92 Å². The van der Waals surface area contributed by atoms with Crippen molar-refractivity contribution in [2.45, 2.75) is 26.8 Å². The van der Waals surface area contributed by atoms with E-state index in [1.165, 1.54) is 6.07 Å². The van der Waals surface area contributed by atoms with E-state index < -0.39 is 0 Å². The molecular formula is C14H18FIN4O. The lowest BCUT2D eigenvalue weighted by atomic mass is 10.2. The summed E-state index contributed by atoms with van der Waals surface area (Å²) >= 11 is 1.91. The Balaban J connectivity index is 2.13. The maximum absolute atomic E-state index is 13.7. The molecule has 1 aromatic carbocycles. The number of aryl methyl sites for hydroxylation is 1. The van der Waals surface area contributed by atoms with Gasteiger partial charge in [-0.05, 0) is 34.6 Å². The molecule has 0 atom stereocenters. The summed E-state index contributed by atoms with van der Waals surface area (Å²) in [6.45, 7) is 5.09. The number of nitrogens with zero attached hydrogens (tertiary/aromatic N) is 2. The van der Waals surface area contributed by atoms with E-state index in [9.17, 15) is 9.18 Å². The summed E-state index contributed by atoms with van der Waals surface area (Å²) in [5.41, 5.74) is 7.11. The highest BCUT2D eigenvalue weighted by molar-refractivity contribution is 14.1. The largest absolute Gasteiger partial charge is 0.369 e. The van der Waals surface area contributed by atoms with Gasteiger partial charge in [0.25, 0.3) is 0 Å². The second-order valence-corrected chi connectivity index (χ2v) is 6.49. The number of halogens is 2. The number of fused-ring (bicyclic) bond motifs is 1. The van der Waals surface area contributed by atoms with Crippen molar-refractivity contribution in [3.63, 3.8) is 0 Å². The third-order valence-electron chi connectivity index (χ3n) is 3.09. The van der Waals surface area contributed by atoms with Gasteiger partial charge in [0.1, 0.15) is 5.82 Å². The predicted octanol–water partition coefficient (Wildman–Crippen LogP) is 2.52. The number of rotatable bonds is 5.